The zero-order valence-electron chi connectivity index (χ0n) is 10.1. The van der Waals surface area contributed by atoms with Crippen molar-refractivity contribution < 1.29 is 9.13 Å². The molecule has 2 atom stereocenters. The van der Waals surface area contributed by atoms with E-state index in [0.717, 1.165) is 16.5 Å². The molecule has 0 N–H and O–H groups in total. The third-order valence-electron chi connectivity index (χ3n) is 3.50. The van der Waals surface area contributed by atoms with E-state index in [1.165, 1.54) is 31.4 Å². The van der Waals surface area contributed by atoms with Crippen molar-refractivity contribution in [1.82, 2.24) is 0 Å². The summed E-state index contributed by atoms with van der Waals surface area (Å²) in [5.74, 6) is 0.426. The topological polar surface area (TPSA) is 9.23 Å². The van der Waals surface area contributed by atoms with E-state index < -0.39 is 0 Å². The highest BCUT2D eigenvalue weighted by Gasteiger charge is 2.21. The molecule has 1 aromatic carbocycles. The first-order valence-corrected chi connectivity index (χ1v) is 7.01. The van der Waals surface area contributed by atoms with Crippen molar-refractivity contribution in [2.75, 3.05) is 0 Å². The van der Waals surface area contributed by atoms with E-state index in [1.807, 2.05) is 0 Å². The van der Waals surface area contributed by atoms with Gasteiger partial charge in [-0.25, -0.2) is 4.39 Å². The average molecular weight is 301 g/mol. The second-order valence-electron chi connectivity index (χ2n) is 4.85. The van der Waals surface area contributed by atoms with Gasteiger partial charge in [-0.1, -0.05) is 41.8 Å². The number of rotatable bonds is 3. The highest BCUT2D eigenvalue weighted by Crippen LogP contribution is 2.28. The van der Waals surface area contributed by atoms with Gasteiger partial charge in [0.25, 0.3) is 0 Å². The highest BCUT2D eigenvalue weighted by atomic mass is 79.9. The van der Waals surface area contributed by atoms with Gasteiger partial charge in [-0.2, -0.15) is 0 Å². The second-order valence-corrected chi connectivity index (χ2v) is 5.70. The van der Waals surface area contributed by atoms with E-state index in [4.69, 9.17) is 4.74 Å². The number of benzene rings is 1. The molecule has 0 aromatic heterocycles. The smallest absolute Gasteiger partial charge is 0.124 e. The third-order valence-corrected chi connectivity index (χ3v) is 4.24. The van der Waals surface area contributed by atoms with Crippen LogP contribution >= 0.6 is 15.9 Å². The normalized spacial score (nSPS) is 24.9. The van der Waals surface area contributed by atoms with Gasteiger partial charge >= 0.3 is 0 Å². The molecule has 1 aliphatic carbocycles. The summed E-state index contributed by atoms with van der Waals surface area (Å²) in [6.45, 7) is 2.82. The molecule has 1 saturated carbocycles. The first-order chi connectivity index (χ1) is 8.16. The summed E-state index contributed by atoms with van der Waals surface area (Å²) in [5, 5.41) is 0. The van der Waals surface area contributed by atoms with Crippen LogP contribution in [0.15, 0.2) is 22.7 Å². The lowest BCUT2D eigenvalue weighted by molar-refractivity contribution is -0.0157. The summed E-state index contributed by atoms with van der Waals surface area (Å²) in [6, 6.07) is 4.75. The first-order valence-electron chi connectivity index (χ1n) is 6.22. The van der Waals surface area contributed by atoms with Crippen LogP contribution in [-0.4, -0.2) is 6.10 Å². The van der Waals surface area contributed by atoms with Gasteiger partial charge < -0.3 is 4.74 Å². The molecular weight excluding hydrogens is 283 g/mol. The van der Waals surface area contributed by atoms with Gasteiger partial charge in [0.05, 0.1) is 12.7 Å². The van der Waals surface area contributed by atoms with Crippen LogP contribution in [0.2, 0.25) is 0 Å². The van der Waals surface area contributed by atoms with Crippen molar-refractivity contribution in [3.05, 3.63) is 34.1 Å². The average Bonchev–Trinajstić information content (AvgIpc) is 2.30. The molecule has 2 unspecified atom stereocenters. The van der Waals surface area contributed by atoms with E-state index in [0.29, 0.717) is 18.6 Å². The predicted octanol–water partition coefficient (Wildman–Crippen LogP) is 4.68. The molecule has 0 radical (unpaired) electrons. The van der Waals surface area contributed by atoms with Gasteiger partial charge in [-0.05, 0) is 36.5 Å². The molecule has 0 spiro atoms. The van der Waals surface area contributed by atoms with E-state index >= 15 is 0 Å². The molecule has 3 heteroatoms. The number of halogens is 2. The Morgan fingerprint density at radius 1 is 1.35 bits per heavy atom. The number of ether oxygens (including phenoxy) is 1. The zero-order valence-corrected chi connectivity index (χ0v) is 11.7. The van der Waals surface area contributed by atoms with E-state index in [1.54, 1.807) is 6.07 Å². The summed E-state index contributed by atoms with van der Waals surface area (Å²) in [4.78, 5) is 0. The lowest BCUT2D eigenvalue weighted by Crippen LogP contribution is -2.25. The van der Waals surface area contributed by atoms with Crippen molar-refractivity contribution in [2.24, 2.45) is 5.92 Å². The molecule has 94 valence electrons. The predicted molar refractivity (Wildman–Crippen MR) is 70.3 cm³/mol. The summed E-state index contributed by atoms with van der Waals surface area (Å²) in [5.41, 5.74) is 1.02. The summed E-state index contributed by atoms with van der Waals surface area (Å²) < 4.78 is 19.7. The van der Waals surface area contributed by atoms with Crippen LogP contribution in [0.3, 0.4) is 0 Å². The van der Waals surface area contributed by atoms with Crippen molar-refractivity contribution in [3.8, 4) is 0 Å². The zero-order chi connectivity index (χ0) is 12.3. The van der Waals surface area contributed by atoms with E-state index in [9.17, 15) is 4.39 Å². The van der Waals surface area contributed by atoms with Crippen molar-refractivity contribution in [1.29, 1.82) is 0 Å². The van der Waals surface area contributed by atoms with Crippen molar-refractivity contribution in [2.45, 2.75) is 45.3 Å². The van der Waals surface area contributed by atoms with Gasteiger partial charge in [-0.3, -0.25) is 0 Å². The van der Waals surface area contributed by atoms with Crippen molar-refractivity contribution >= 4 is 15.9 Å². The molecule has 0 heterocycles. The molecule has 0 saturated heterocycles. The fourth-order valence-electron chi connectivity index (χ4n) is 2.37. The van der Waals surface area contributed by atoms with Gasteiger partial charge in [0.1, 0.15) is 5.82 Å². The highest BCUT2D eigenvalue weighted by molar-refractivity contribution is 9.10. The molecule has 0 amide bonds. The maximum Gasteiger partial charge on any atom is 0.124 e. The van der Waals surface area contributed by atoms with Crippen LogP contribution in [0.1, 0.15) is 38.2 Å². The Morgan fingerprint density at radius 2 is 2.12 bits per heavy atom. The molecule has 1 aliphatic rings. The molecular formula is C14H18BrFO. The second kappa shape index (κ2) is 5.96. The quantitative estimate of drug-likeness (QED) is 0.787. The maximum atomic E-state index is 12.9. The summed E-state index contributed by atoms with van der Waals surface area (Å²) in [6.07, 6.45) is 5.36. The Hall–Kier alpha value is -0.410. The molecule has 1 nitrogen and oxygen atoms in total. The molecule has 1 fully saturated rings. The third kappa shape index (κ3) is 3.52. The molecule has 17 heavy (non-hydrogen) atoms. The maximum absolute atomic E-state index is 12.9. The minimum absolute atomic E-state index is 0.216. The molecule has 2 rings (SSSR count). The van der Waals surface area contributed by atoms with Gasteiger partial charge in [0, 0.05) is 4.47 Å². The van der Waals surface area contributed by atoms with Gasteiger partial charge in [0.15, 0.2) is 0 Å². The molecule has 0 bridgehead atoms. The van der Waals surface area contributed by atoms with Crippen LogP contribution < -0.4 is 0 Å². The number of hydrogen-bond acceptors (Lipinski definition) is 1. The van der Waals surface area contributed by atoms with Crippen LogP contribution in [0.25, 0.3) is 0 Å². The Bertz CT molecular complexity index is 380. The van der Waals surface area contributed by atoms with Crippen LogP contribution in [-0.2, 0) is 11.3 Å². The van der Waals surface area contributed by atoms with Crippen molar-refractivity contribution in [3.63, 3.8) is 0 Å². The minimum atomic E-state index is -0.216. The largest absolute Gasteiger partial charge is 0.373 e. The molecule has 0 aliphatic heterocycles. The van der Waals surface area contributed by atoms with E-state index in [2.05, 4.69) is 22.9 Å². The monoisotopic (exact) mass is 300 g/mol. The van der Waals surface area contributed by atoms with Crippen LogP contribution in [0.5, 0.6) is 0 Å². The summed E-state index contributed by atoms with van der Waals surface area (Å²) >= 11 is 3.37. The lowest BCUT2D eigenvalue weighted by Gasteiger charge is -2.28. The van der Waals surface area contributed by atoms with Crippen LogP contribution in [0, 0.1) is 11.7 Å². The Kier molecular flexibility index (Phi) is 4.57. The lowest BCUT2D eigenvalue weighted by atomic mass is 9.88. The Labute approximate surface area is 110 Å². The fourth-order valence-corrected chi connectivity index (χ4v) is 2.83. The standard InChI is InChI=1S/C14H18BrFO/c1-10-4-2-3-5-14(10)17-9-11-6-7-12(16)8-13(11)15/h6-8,10,14H,2-5,9H2,1H3. The Morgan fingerprint density at radius 3 is 2.82 bits per heavy atom. The first kappa shape index (κ1) is 13.0. The molecule has 1 aromatic rings. The Balaban J connectivity index is 1.92. The van der Waals surface area contributed by atoms with E-state index in [-0.39, 0.29) is 5.82 Å². The SMILES string of the molecule is CC1CCCCC1OCc1ccc(F)cc1Br. The van der Waals surface area contributed by atoms with Gasteiger partial charge in [0.2, 0.25) is 0 Å². The van der Waals surface area contributed by atoms with Gasteiger partial charge in [-0.15, -0.1) is 0 Å². The summed E-state index contributed by atoms with van der Waals surface area (Å²) in [7, 11) is 0. The minimum Gasteiger partial charge on any atom is -0.373 e. The fraction of sp³-hybridized carbons (Fsp3) is 0.571. The van der Waals surface area contributed by atoms with Crippen LogP contribution in [0.4, 0.5) is 4.39 Å². The number of hydrogen-bond donors (Lipinski definition) is 0.